The van der Waals surface area contributed by atoms with E-state index >= 15 is 0 Å². The summed E-state index contributed by atoms with van der Waals surface area (Å²) < 4.78 is 5.57. The first-order chi connectivity index (χ1) is 8.13. The SMILES string of the molecule is CCC(=C[C@H](C)OCc1ccccc1)C(=O)O. The van der Waals surface area contributed by atoms with Gasteiger partial charge >= 0.3 is 5.97 Å². The van der Waals surface area contributed by atoms with Crippen LogP contribution >= 0.6 is 0 Å². The highest BCUT2D eigenvalue weighted by Crippen LogP contribution is 2.08. The number of carboxylic acids is 1. The normalized spacial score (nSPS) is 13.4. The van der Waals surface area contributed by atoms with Gasteiger partial charge in [-0.05, 0) is 25.0 Å². The Hall–Kier alpha value is -1.61. The molecule has 1 N–H and O–H groups in total. The van der Waals surface area contributed by atoms with Gasteiger partial charge in [-0.1, -0.05) is 37.3 Å². The molecule has 0 aliphatic rings. The Labute approximate surface area is 102 Å². The molecular weight excluding hydrogens is 216 g/mol. The van der Waals surface area contributed by atoms with Crippen LogP contribution in [0.5, 0.6) is 0 Å². The number of carbonyl (C=O) groups is 1. The molecule has 92 valence electrons. The number of rotatable bonds is 6. The molecule has 1 aromatic rings. The maximum absolute atomic E-state index is 10.8. The van der Waals surface area contributed by atoms with Crippen LogP contribution in [0.25, 0.3) is 0 Å². The lowest BCUT2D eigenvalue weighted by atomic mass is 10.1. The lowest BCUT2D eigenvalue weighted by Gasteiger charge is -2.10. The van der Waals surface area contributed by atoms with E-state index < -0.39 is 5.97 Å². The van der Waals surface area contributed by atoms with E-state index in [4.69, 9.17) is 9.84 Å². The fourth-order valence-corrected chi connectivity index (χ4v) is 1.47. The van der Waals surface area contributed by atoms with Crippen molar-refractivity contribution < 1.29 is 14.6 Å². The Morgan fingerprint density at radius 1 is 1.41 bits per heavy atom. The highest BCUT2D eigenvalue weighted by Gasteiger charge is 2.07. The molecule has 0 bridgehead atoms. The molecule has 0 aliphatic heterocycles. The maximum Gasteiger partial charge on any atom is 0.331 e. The Morgan fingerprint density at radius 3 is 2.59 bits per heavy atom. The average Bonchev–Trinajstić information content (AvgIpc) is 2.34. The van der Waals surface area contributed by atoms with Crippen LogP contribution in [-0.4, -0.2) is 17.2 Å². The van der Waals surface area contributed by atoms with Crippen LogP contribution in [0.15, 0.2) is 42.0 Å². The third kappa shape index (κ3) is 4.83. The van der Waals surface area contributed by atoms with Crippen molar-refractivity contribution in [1.82, 2.24) is 0 Å². The molecule has 0 saturated carbocycles. The maximum atomic E-state index is 10.8. The second-order valence-corrected chi connectivity index (χ2v) is 3.85. The number of hydrogen-bond donors (Lipinski definition) is 1. The highest BCUT2D eigenvalue weighted by molar-refractivity contribution is 5.86. The molecule has 0 amide bonds. The lowest BCUT2D eigenvalue weighted by molar-refractivity contribution is -0.132. The largest absolute Gasteiger partial charge is 0.478 e. The fourth-order valence-electron chi connectivity index (χ4n) is 1.47. The van der Waals surface area contributed by atoms with E-state index in [2.05, 4.69) is 0 Å². The standard InChI is InChI=1S/C14H18O3/c1-3-13(14(15)16)9-11(2)17-10-12-7-5-4-6-8-12/h4-9,11H,3,10H2,1-2H3,(H,15,16)/t11-/m0/s1. The molecule has 0 aliphatic carbocycles. The van der Waals surface area contributed by atoms with Gasteiger partial charge in [0, 0.05) is 5.57 Å². The third-order valence-corrected chi connectivity index (χ3v) is 2.45. The zero-order chi connectivity index (χ0) is 12.7. The summed E-state index contributed by atoms with van der Waals surface area (Å²) in [4.78, 5) is 10.8. The molecular formula is C14H18O3. The van der Waals surface area contributed by atoms with Crippen molar-refractivity contribution in [3.05, 3.63) is 47.5 Å². The minimum Gasteiger partial charge on any atom is -0.478 e. The zero-order valence-electron chi connectivity index (χ0n) is 10.2. The third-order valence-electron chi connectivity index (χ3n) is 2.45. The van der Waals surface area contributed by atoms with Crippen molar-refractivity contribution in [3.63, 3.8) is 0 Å². The van der Waals surface area contributed by atoms with Crippen LogP contribution in [-0.2, 0) is 16.1 Å². The summed E-state index contributed by atoms with van der Waals surface area (Å²) in [6.07, 6.45) is 1.97. The van der Waals surface area contributed by atoms with E-state index in [1.807, 2.05) is 44.2 Å². The van der Waals surface area contributed by atoms with E-state index in [0.29, 0.717) is 18.6 Å². The number of carboxylic acid groups (broad SMARTS) is 1. The minimum absolute atomic E-state index is 0.193. The predicted molar refractivity (Wildman–Crippen MR) is 66.7 cm³/mol. The van der Waals surface area contributed by atoms with E-state index in [1.165, 1.54) is 0 Å². The van der Waals surface area contributed by atoms with Gasteiger partial charge in [0.1, 0.15) is 0 Å². The summed E-state index contributed by atoms with van der Waals surface area (Å²) in [5.41, 5.74) is 1.48. The number of ether oxygens (including phenoxy) is 1. The predicted octanol–water partition coefficient (Wildman–Crippen LogP) is 3.01. The molecule has 1 aromatic carbocycles. The van der Waals surface area contributed by atoms with Crippen molar-refractivity contribution in [2.24, 2.45) is 0 Å². The van der Waals surface area contributed by atoms with E-state index in [0.717, 1.165) is 5.56 Å². The van der Waals surface area contributed by atoms with Gasteiger partial charge in [-0.2, -0.15) is 0 Å². The first-order valence-corrected chi connectivity index (χ1v) is 5.73. The Balaban J connectivity index is 2.50. The van der Waals surface area contributed by atoms with Crippen LogP contribution < -0.4 is 0 Å². The molecule has 0 radical (unpaired) electrons. The summed E-state index contributed by atoms with van der Waals surface area (Å²) >= 11 is 0. The Kier molecular flexibility index (Phi) is 5.43. The molecule has 3 heteroatoms. The van der Waals surface area contributed by atoms with Gasteiger partial charge in [0.25, 0.3) is 0 Å². The van der Waals surface area contributed by atoms with Crippen molar-refractivity contribution in [3.8, 4) is 0 Å². The van der Waals surface area contributed by atoms with E-state index in [-0.39, 0.29) is 6.10 Å². The van der Waals surface area contributed by atoms with Gasteiger partial charge in [0.2, 0.25) is 0 Å². The van der Waals surface area contributed by atoms with Gasteiger partial charge in [-0.25, -0.2) is 4.79 Å². The van der Waals surface area contributed by atoms with Crippen molar-refractivity contribution in [2.75, 3.05) is 0 Å². The van der Waals surface area contributed by atoms with Crippen LogP contribution in [0, 0.1) is 0 Å². The molecule has 0 aromatic heterocycles. The molecule has 0 spiro atoms. The van der Waals surface area contributed by atoms with Crippen LogP contribution in [0.3, 0.4) is 0 Å². The van der Waals surface area contributed by atoms with Crippen LogP contribution in [0.2, 0.25) is 0 Å². The van der Waals surface area contributed by atoms with Crippen molar-refractivity contribution in [1.29, 1.82) is 0 Å². The van der Waals surface area contributed by atoms with Crippen molar-refractivity contribution >= 4 is 5.97 Å². The first kappa shape index (κ1) is 13.5. The molecule has 0 heterocycles. The fraction of sp³-hybridized carbons (Fsp3) is 0.357. The summed E-state index contributed by atoms with van der Waals surface area (Å²) in [5.74, 6) is -0.873. The number of aliphatic carboxylic acids is 1. The quantitative estimate of drug-likeness (QED) is 0.769. The summed E-state index contributed by atoms with van der Waals surface area (Å²) in [7, 11) is 0. The van der Waals surface area contributed by atoms with Gasteiger partial charge < -0.3 is 9.84 Å². The van der Waals surface area contributed by atoms with Gasteiger partial charge in [0.15, 0.2) is 0 Å². The molecule has 3 nitrogen and oxygen atoms in total. The summed E-state index contributed by atoms with van der Waals surface area (Å²) in [6, 6.07) is 9.82. The molecule has 0 fully saturated rings. The topological polar surface area (TPSA) is 46.5 Å². The van der Waals surface area contributed by atoms with E-state index in [9.17, 15) is 4.79 Å². The van der Waals surface area contributed by atoms with Gasteiger partial charge in [0.05, 0.1) is 12.7 Å². The summed E-state index contributed by atoms with van der Waals surface area (Å²) in [5, 5.41) is 8.88. The molecule has 1 atom stereocenters. The monoisotopic (exact) mass is 234 g/mol. The smallest absolute Gasteiger partial charge is 0.331 e. The number of hydrogen-bond acceptors (Lipinski definition) is 2. The molecule has 1 rings (SSSR count). The van der Waals surface area contributed by atoms with Crippen LogP contribution in [0.1, 0.15) is 25.8 Å². The molecule has 0 unspecified atom stereocenters. The minimum atomic E-state index is -0.873. The lowest BCUT2D eigenvalue weighted by Crippen LogP contribution is -2.09. The van der Waals surface area contributed by atoms with Crippen LogP contribution in [0.4, 0.5) is 0 Å². The highest BCUT2D eigenvalue weighted by atomic mass is 16.5. The molecule has 0 saturated heterocycles. The number of benzene rings is 1. The summed E-state index contributed by atoms with van der Waals surface area (Å²) in [6.45, 7) is 4.17. The zero-order valence-corrected chi connectivity index (χ0v) is 10.2. The van der Waals surface area contributed by atoms with Crippen molar-refractivity contribution in [2.45, 2.75) is 33.0 Å². The van der Waals surface area contributed by atoms with Gasteiger partial charge in [-0.3, -0.25) is 0 Å². The molecule has 17 heavy (non-hydrogen) atoms. The van der Waals surface area contributed by atoms with Gasteiger partial charge in [-0.15, -0.1) is 0 Å². The Bertz CT molecular complexity index is 382. The second kappa shape index (κ2) is 6.86. The van der Waals surface area contributed by atoms with E-state index in [1.54, 1.807) is 6.08 Å². The average molecular weight is 234 g/mol. The Morgan fingerprint density at radius 2 is 2.06 bits per heavy atom. The second-order valence-electron chi connectivity index (χ2n) is 3.85. The first-order valence-electron chi connectivity index (χ1n) is 5.73.